The van der Waals surface area contributed by atoms with Crippen LogP contribution in [0.4, 0.5) is 0 Å². The summed E-state index contributed by atoms with van der Waals surface area (Å²) in [7, 11) is 3.81. The highest BCUT2D eigenvalue weighted by Crippen LogP contribution is 2.30. The average Bonchev–Trinajstić information content (AvgIpc) is 2.72. The topological polar surface area (TPSA) is 32.8 Å². The Morgan fingerprint density at radius 3 is 2.81 bits per heavy atom. The number of rotatable bonds is 2. The van der Waals surface area contributed by atoms with Gasteiger partial charge in [0.2, 0.25) is 0 Å². The van der Waals surface area contributed by atoms with Crippen molar-refractivity contribution in [2.75, 3.05) is 27.2 Å². The Hall–Kier alpha value is -1.07. The minimum Gasteiger partial charge on any atom is -0.497 e. The van der Waals surface area contributed by atoms with Gasteiger partial charge in [-0.25, -0.2) is 0 Å². The van der Waals surface area contributed by atoms with Gasteiger partial charge >= 0.3 is 0 Å². The smallest absolute Gasteiger partial charge is 0.255 e. The number of hydrogen-bond acceptors (Lipinski definition) is 3. The summed E-state index contributed by atoms with van der Waals surface area (Å²) < 4.78 is 6.07. The third-order valence-corrected chi connectivity index (χ3v) is 5.53. The van der Waals surface area contributed by atoms with Crippen LogP contribution in [0.5, 0.6) is 5.75 Å². The quantitative estimate of drug-likeness (QED) is 0.820. The van der Waals surface area contributed by atoms with Gasteiger partial charge in [0.1, 0.15) is 5.75 Å². The van der Waals surface area contributed by atoms with Crippen molar-refractivity contribution in [1.29, 1.82) is 0 Å². The van der Waals surface area contributed by atoms with Gasteiger partial charge in [-0.05, 0) is 60.4 Å². The van der Waals surface area contributed by atoms with E-state index in [1.807, 2.05) is 23.1 Å². The maximum absolute atomic E-state index is 12.8. The molecule has 2 saturated heterocycles. The predicted octanol–water partition coefficient (Wildman–Crippen LogP) is 2.77. The Labute approximate surface area is 134 Å². The number of nitrogens with zero attached hydrogens (tertiary/aromatic N) is 2. The van der Waals surface area contributed by atoms with Crippen LogP contribution < -0.4 is 4.74 Å². The molecule has 1 amide bonds. The molecular formula is C16H21BrN2O2. The summed E-state index contributed by atoms with van der Waals surface area (Å²) >= 11 is 3.49. The Balaban J connectivity index is 1.82. The van der Waals surface area contributed by atoms with E-state index in [4.69, 9.17) is 4.74 Å². The first-order chi connectivity index (χ1) is 10.1. The summed E-state index contributed by atoms with van der Waals surface area (Å²) in [5, 5.41) is 0. The number of hydrogen-bond donors (Lipinski definition) is 0. The molecule has 2 heterocycles. The zero-order valence-electron chi connectivity index (χ0n) is 12.5. The number of likely N-dealkylation sites (tertiary alicyclic amines) is 1. The fourth-order valence-electron chi connectivity index (χ4n) is 3.46. The van der Waals surface area contributed by atoms with E-state index in [2.05, 4.69) is 27.9 Å². The van der Waals surface area contributed by atoms with Crippen LogP contribution in [0.2, 0.25) is 0 Å². The molecule has 2 aliphatic rings. The molecule has 114 valence electrons. The van der Waals surface area contributed by atoms with E-state index in [1.165, 1.54) is 12.8 Å². The van der Waals surface area contributed by atoms with Crippen molar-refractivity contribution in [2.24, 2.45) is 0 Å². The van der Waals surface area contributed by atoms with Gasteiger partial charge < -0.3 is 9.64 Å². The van der Waals surface area contributed by atoms with Gasteiger partial charge in [-0.1, -0.05) is 0 Å². The summed E-state index contributed by atoms with van der Waals surface area (Å²) in [5.74, 6) is 0.816. The van der Waals surface area contributed by atoms with Crippen LogP contribution in [0.25, 0.3) is 0 Å². The average molecular weight is 353 g/mol. The molecule has 2 aliphatic heterocycles. The molecule has 0 aromatic heterocycles. The van der Waals surface area contributed by atoms with E-state index in [1.54, 1.807) is 7.11 Å². The molecule has 0 aliphatic carbocycles. The second-order valence-electron chi connectivity index (χ2n) is 5.94. The van der Waals surface area contributed by atoms with E-state index >= 15 is 0 Å². The summed E-state index contributed by atoms with van der Waals surface area (Å²) in [6.45, 7) is 1.67. The monoisotopic (exact) mass is 352 g/mol. The Morgan fingerprint density at radius 2 is 2.05 bits per heavy atom. The maximum Gasteiger partial charge on any atom is 0.255 e. The molecule has 5 heteroatoms. The molecule has 2 bridgehead atoms. The zero-order valence-corrected chi connectivity index (χ0v) is 14.1. The van der Waals surface area contributed by atoms with Gasteiger partial charge in [-0.3, -0.25) is 9.69 Å². The van der Waals surface area contributed by atoms with Crippen molar-refractivity contribution in [3.8, 4) is 5.75 Å². The van der Waals surface area contributed by atoms with Crippen molar-refractivity contribution in [3.05, 3.63) is 28.2 Å². The number of halogens is 1. The molecule has 0 radical (unpaired) electrons. The van der Waals surface area contributed by atoms with E-state index in [0.717, 1.165) is 29.7 Å². The second kappa shape index (κ2) is 5.97. The molecule has 21 heavy (non-hydrogen) atoms. The minimum atomic E-state index is 0.0988. The summed E-state index contributed by atoms with van der Waals surface area (Å²) in [6, 6.07) is 6.70. The number of benzene rings is 1. The molecule has 2 fully saturated rings. The van der Waals surface area contributed by atoms with Gasteiger partial charge in [-0.15, -0.1) is 0 Å². The number of methoxy groups -OCH3 is 1. The molecule has 3 rings (SSSR count). The third kappa shape index (κ3) is 2.81. The van der Waals surface area contributed by atoms with Crippen LogP contribution in [-0.2, 0) is 0 Å². The Kier molecular flexibility index (Phi) is 4.22. The lowest BCUT2D eigenvalue weighted by Crippen LogP contribution is -2.39. The molecule has 4 nitrogen and oxygen atoms in total. The lowest BCUT2D eigenvalue weighted by molar-refractivity contribution is 0.0739. The fourth-order valence-corrected chi connectivity index (χ4v) is 3.88. The van der Waals surface area contributed by atoms with Gasteiger partial charge in [0.05, 0.1) is 12.7 Å². The molecule has 0 spiro atoms. The zero-order chi connectivity index (χ0) is 15.0. The first kappa shape index (κ1) is 14.9. The number of ether oxygens (including phenoxy) is 1. The highest BCUT2D eigenvalue weighted by molar-refractivity contribution is 9.10. The maximum atomic E-state index is 12.8. The number of carbonyl (C=O) groups is 1. The lowest BCUT2D eigenvalue weighted by Gasteiger charge is -2.26. The Bertz CT molecular complexity index is 549. The molecular weight excluding hydrogens is 332 g/mol. The van der Waals surface area contributed by atoms with Crippen molar-refractivity contribution in [2.45, 2.75) is 31.3 Å². The van der Waals surface area contributed by atoms with Crippen LogP contribution in [0.15, 0.2) is 22.7 Å². The lowest BCUT2D eigenvalue weighted by atomic mass is 10.1. The van der Waals surface area contributed by atoms with Crippen LogP contribution >= 0.6 is 15.9 Å². The number of amides is 1. The van der Waals surface area contributed by atoms with Crippen LogP contribution in [0, 0.1) is 0 Å². The highest BCUT2D eigenvalue weighted by Gasteiger charge is 2.36. The summed E-state index contributed by atoms with van der Waals surface area (Å²) in [4.78, 5) is 17.3. The van der Waals surface area contributed by atoms with Gasteiger partial charge in [0.25, 0.3) is 5.91 Å². The number of likely N-dealkylation sites (N-methyl/N-ethyl adjacent to an activating group) is 1. The molecule has 1 aromatic carbocycles. The predicted molar refractivity (Wildman–Crippen MR) is 85.8 cm³/mol. The molecule has 0 saturated carbocycles. The Morgan fingerprint density at radius 1 is 1.29 bits per heavy atom. The van der Waals surface area contributed by atoms with Crippen LogP contribution in [0.3, 0.4) is 0 Å². The third-order valence-electron chi connectivity index (χ3n) is 4.84. The first-order valence-electron chi connectivity index (χ1n) is 7.45. The van der Waals surface area contributed by atoms with Gasteiger partial charge in [0.15, 0.2) is 0 Å². The molecule has 0 N–H and O–H groups in total. The number of fused-ring (bicyclic) bond motifs is 2. The molecule has 1 aromatic rings. The van der Waals surface area contributed by atoms with Crippen LogP contribution in [0.1, 0.15) is 29.6 Å². The van der Waals surface area contributed by atoms with E-state index in [0.29, 0.717) is 17.6 Å². The molecule has 2 unspecified atom stereocenters. The van der Waals surface area contributed by atoms with Gasteiger partial charge in [0, 0.05) is 29.6 Å². The van der Waals surface area contributed by atoms with Gasteiger partial charge in [-0.2, -0.15) is 0 Å². The van der Waals surface area contributed by atoms with Crippen molar-refractivity contribution in [1.82, 2.24) is 9.80 Å². The van der Waals surface area contributed by atoms with Crippen molar-refractivity contribution in [3.63, 3.8) is 0 Å². The minimum absolute atomic E-state index is 0.0988. The number of carbonyl (C=O) groups excluding carboxylic acids is 1. The SMILES string of the molecule is COc1ccc(Br)c(C(=O)N2CCC3CCC(C2)N3C)c1. The molecule has 2 atom stereocenters. The van der Waals surface area contributed by atoms with E-state index in [9.17, 15) is 4.79 Å². The standard InChI is InChI=1S/C16H21BrN2O2/c1-18-11-3-4-12(18)10-19(8-7-11)16(20)14-9-13(21-2)5-6-15(14)17/h5-6,9,11-12H,3-4,7-8,10H2,1-2H3. The largest absolute Gasteiger partial charge is 0.497 e. The summed E-state index contributed by atoms with van der Waals surface area (Å²) in [6.07, 6.45) is 3.54. The first-order valence-corrected chi connectivity index (χ1v) is 8.24. The van der Waals surface area contributed by atoms with Crippen molar-refractivity contribution < 1.29 is 9.53 Å². The summed E-state index contributed by atoms with van der Waals surface area (Å²) in [5.41, 5.74) is 0.690. The van der Waals surface area contributed by atoms with Crippen LogP contribution in [-0.4, -0.2) is 55.0 Å². The fraction of sp³-hybridized carbons (Fsp3) is 0.562. The normalized spacial score (nSPS) is 25.8. The van der Waals surface area contributed by atoms with Crippen molar-refractivity contribution >= 4 is 21.8 Å². The second-order valence-corrected chi connectivity index (χ2v) is 6.79. The highest BCUT2D eigenvalue weighted by atomic mass is 79.9. The van der Waals surface area contributed by atoms with E-state index in [-0.39, 0.29) is 5.91 Å². The van der Waals surface area contributed by atoms with E-state index < -0.39 is 0 Å².